The molecule has 0 bridgehead atoms. The summed E-state index contributed by atoms with van der Waals surface area (Å²) in [6.45, 7) is 2.80. The second-order valence-electron chi connectivity index (χ2n) is 5.19. The van der Waals surface area contributed by atoms with Crippen LogP contribution in [0.25, 0.3) is 0 Å². The van der Waals surface area contributed by atoms with Gasteiger partial charge in [-0.15, -0.1) is 0 Å². The Labute approximate surface area is 126 Å². The number of amides is 1. The van der Waals surface area contributed by atoms with E-state index in [2.05, 4.69) is 10.6 Å². The van der Waals surface area contributed by atoms with E-state index in [4.69, 9.17) is 9.47 Å². The quantitative estimate of drug-likeness (QED) is 0.679. The molecule has 1 aromatic rings. The van der Waals surface area contributed by atoms with E-state index in [1.165, 1.54) is 6.42 Å². The first kappa shape index (κ1) is 15.8. The summed E-state index contributed by atoms with van der Waals surface area (Å²) in [5, 5.41) is 6.05. The van der Waals surface area contributed by atoms with Gasteiger partial charge < -0.3 is 20.1 Å². The first-order valence-electron chi connectivity index (χ1n) is 7.54. The molecule has 1 aliphatic rings. The summed E-state index contributed by atoms with van der Waals surface area (Å²) < 4.78 is 10.7. The zero-order valence-corrected chi connectivity index (χ0v) is 12.6. The molecule has 0 saturated heterocycles. The highest BCUT2D eigenvalue weighted by molar-refractivity contribution is 5.94. The van der Waals surface area contributed by atoms with E-state index in [0.717, 1.165) is 31.7 Å². The Balaban J connectivity index is 1.67. The smallest absolute Gasteiger partial charge is 0.251 e. The fraction of sp³-hybridized carbons (Fsp3) is 0.562. The second-order valence-corrected chi connectivity index (χ2v) is 5.19. The minimum atomic E-state index is -0.0567. The predicted molar refractivity (Wildman–Crippen MR) is 81.8 cm³/mol. The highest BCUT2D eigenvalue weighted by Crippen LogP contribution is 2.25. The van der Waals surface area contributed by atoms with Gasteiger partial charge in [0.2, 0.25) is 0 Å². The minimum Gasteiger partial charge on any atom is -0.490 e. The fourth-order valence-corrected chi connectivity index (χ4v) is 2.03. The summed E-state index contributed by atoms with van der Waals surface area (Å²) in [5.74, 6) is 0.788. The SMILES string of the molecule is COCCNCCNC(=O)c1ccc(OC2CCC2)cc1. The molecule has 5 nitrogen and oxygen atoms in total. The van der Waals surface area contributed by atoms with Crippen molar-refractivity contribution in [1.29, 1.82) is 0 Å². The number of carbonyl (C=O) groups excluding carboxylic acids is 1. The lowest BCUT2D eigenvalue weighted by molar-refractivity contribution is 0.0953. The van der Waals surface area contributed by atoms with Crippen LogP contribution in [0, 0.1) is 0 Å². The van der Waals surface area contributed by atoms with Crippen LogP contribution in [0.15, 0.2) is 24.3 Å². The van der Waals surface area contributed by atoms with Gasteiger partial charge in [0.15, 0.2) is 0 Å². The van der Waals surface area contributed by atoms with Gasteiger partial charge >= 0.3 is 0 Å². The van der Waals surface area contributed by atoms with E-state index < -0.39 is 0 Å². The summed E-state index contributed by atoms with van der Waals surface area (Å²) in [5.41, 5.74) is 0.660. The van der Waals surface area contributed by atoms with Crippen LogP contribution in [-0.2, 0) is 4.74 Å². The fourth-order valence-electron chi connectivity index (χ4n) is 2.03. The second kappa shape index (κ2) is 8.64. The number of hydrogen-bond donors (Lipinski definition) is 2. The Morgan fingerprint density at radius 3 is 2.57 bits per heavy atom. The number of rotatable bonds is 9. The molecule has 0 aromatic heterocycles. The van der Waals surface area contributed by atoms with Gasteiger partial charge in [0.25, 0.3) is 5.91 Å². The molecule has 1 saturated carbocycles. The third kappa shape index (κ3) is 5.36. The van der Waals surface area contributed by atoms with E-state index in [9.17, 15) is 4.79 Å². The molecular weight excluding hydrogens is 268 g/mol. The summed E-state index contributed by atoms with van der Waals surface area (Å²) in [6, 6.07) is 7.34. The zero-order valence-electron chi connectivity index (χ0n) is 12.6. The lowest BCUT2D eigenvalue weighted by Crippen LogP contribution is -2.33. The molecule has 0 spiro atoms. The summed E-state index contributed by atoms with van der Waals surface area (Å²) >= 11 is 0. The van der Waals surface area contributed by atoms with Gasteiger partial charge in [-0.05, 0) is 43.5 Å². The highest BCUT2D eigenvalue weighted by Gasteiger charge is 2.18. The number of methoxy groups -OCH3 is 1. The Morgan fingerprint density at radius 1 is 1.19 bits per heavy atom. The van der Waals surface area contributed by atoms with Crippen LogP contribution >= 0.6 is 0 Å². The molecular formula is C16H24N2O3. The van der Waals surface area contributed by atoms with Gasteiger partial charge in [-0.3, -0.25) is 4.79 Å². The van der Waals surface area contributed by atoms with Crippen LogP contribution < -0.4 is 15.4 Å². The molecule has 0 heterocycles. The molecule has 1 amide bonds. The topological polar surface area (TPSA) is 59.6 Å². The highest BCUT2D eigenvalue weighted by atomic mass is 16.5. The van der Waals surface area contributed by atoms with Crippen molar-refractivity contribution in [2.24, 2.45) is 0 Å². The molecule has 2 N–H and O–H groups in total. The Hall–Kier alpha value is -1.59. The molecule has 5 heteroatoms. The number of ether oxygens (including phenoxy) is 2. The van der Waals surface area contributed by atoms with Crippen molar-refractivity contribution in [3.05, 3.63) is 29.8 Å². The van der Waals surface area contributed by atoms with Crippen molar-refractivity contribution >= 4 is 5.91 Å². The van der Waals surface area contributed by atoms with Crippen LogP contribution in [0.4, 0.5) is 0 Å². The van der Waals surface area contributed by atoms with Gasteiger partial charge in [0, 0.05) is 32.3 Å². The number of carbonyl (C=O) groups is 1. The van der Waals surface area contributed by atoms with Crippen molar-refractivity contribution in [3.63, 3.8) is 0 Å². The molecule has 0 aliphatic heterocycles. The van der Waals surface area contributed by atoms with E-state index in [-0.39, 0.29) is 5.91 Å². The predicted octanol–water partition coefficient (Wildman–Crippen LogP) is 1.58. The van der Waals surface area contributed by atoms with Gasteiger partial charge in [-0.25, -0.2) is 0 Å². The lowest BCUT2D eigenvalue weighted by Gasteiger charge is -2.26. The van der Waals surface area contributed by atoms with Gasteiger partial charge in [-0.2, -0.15) is 0 Å². The van der Waals surface area contributed by atoms with Crippen molar-refractivity contribution < 1.29 is 14.3 Å². The third-order valence-corrected chi connectivity index (χ3v) is 3.54. The maximum Gasteiger partial charge on any atom is 0.251 e. The minimum absolute atomic E-state index is 0.0567. The molecule has 0 radical (unpaired) electrons. The Morgan fingerprint density at radius 2 is 1.95 bits per heavy atom. The van der Waals surface area contributed by atoms with E-state index in [0.29, 0.717) is 24.8 Å². The molecule has 0 unspecified atom stereocenters. The standard InChI is InChI=1S/C16H24N2O3/c1-20-12-11-17-9-10-18-16(19)13-5-7-15(8-6-13)21-14-3-2-4-14/h5-8,14,17H,2-4,9-12H2,1H3,(H,18,19). The van der Waals surface area contributed by atoms with Crippen LogP contribution in [0.3, 0.4) is 0 Å². The Kier molecular flexibility index (Phi) is 6.50. The maximum absolute atomic E-state index is 11.9. The van der Waals surface area contributed by atoms with Crippen LogP contribution in [0.5, 0.6) is 5.75 Å². The first-order valence-corrected chi connectivity index (χ1v) is 7.54. The number of nitrogens with one attached hydrogen (secondary N) is 2. The maximum atomic E-state index is 11.9. The van der Waals surface area contributed by atoms with Gasteiger partial charge in [0.05, 0.1) is 12.7 Å². The molecule has 1 fully saturated rings. The summed E-state index contributed by atoms with van der Waals surface area (Å²) in [4.78, 5) is 11.9. The normalized spacial score (nSPS) is 14.5. The summed E-state index contributed by atoms with van der Waals surface area (Å²) in [7, 11) is 1.67. The van der Waals surface area contributed by atoms with Gasteiger partial charge in [-0.1, -0.05) is 0 Å². The molecule has 1 aromatic carbocycles. The van der Waals surface area contributed by atoms with Crippen molar-refractivity contribution in [1.82, 2.24) is 10.6 Å². The van der Waals surface area contributed by atoms with E-state index in [1.54, 1.807) is 7.11 Å². The average molecular weight is 292 g/mol. The molecule has 1 aliphatic carbocycles. The zero-order chi connectivity index (χ0) is 14.9. The van der Waals surface area contributed by atoms with Crippen molar-refractivity contribution in [3.8, 4) is 5.75 Å². The largest absolute Gasteiger partial charge is 0.490 e. The number of benzene rings is 1. The lowest BCUT2D eigenvalue weighted by atomic mass is 9.96. The molecule has 21 heavy (non-hydrogen) atoms. The summed E-state index contributed by atoms with van der Waals surface area (Å²) in [6.07, 6.45) is 3.89. The van der Waals surface area contributed by atoms with Crippen LogP contribution in [-0.4, -0.2) is 45.4 Å². The van der Waals surface area contributed by atoms with Crippen molar-refractivity contribution in [2.75, 3.05) is 33.4 Å². The molecule has 2 rings (SSSR count). The Bertz CT molecular complexity index is 430. The third-order valence-electron chi connectivity index (χ3n) is 3.54. The van der Waals surface area contributed by atoms with E-state index >= 15 is 0 Å². The molecule has 116 valence electrons. The molecule has 0 atom stereocenters. The van der Waals surface area contributed by atoms with E-state index in [1.807, 2.05) is 24.3 Å². The van der Waals surface area contributed by atoms with Crippen LogP contribution in [0.1, 0.15) is 29.6 Å². The van der Waals surface area contributed by atoms with Gasteiger partial charge in [0.1, 0.15) is 5.75 Å². The van der Waals surface area contributed by atoms with Crippen molar-refractivity contribution in [2.45, 2.75) is 25.4 Å². The average Bonchev–Trinajstić information content (AvgIpc) is 2.47. The van der Waals surface area contributed by atoms with Crippen LogP contribution in [0.2, 0.25) is 0 Å². The monoisotopic (exact) mass is 292 g/mol. The first-order chi connectivity index (χ1) is 10.3. The number of hydrogen-bond acceptors (Lipinski definition) is 4.